The quantitative estimate of drug-likeness (QED) is 0.458. The van der Waals surface area contributed by atoms with Crippen LogP contribution in [0, 0.1) is 0 Å². The number of nitrogens with zero attached hydrogens (tertiary/aromatic N) is 3. The number of hydrogen-bond acceptors (Lipinski definition) is 5. The van der Waals surface area contributed by atoms with Crippen LogP contribution in [0.2, 0.25) is 0 Å². The molecule has 0 saturated heterocycles. The van der Waals surface area contributed by atoms with Gasteiger partial charge in [-0.2, -0.15) is 0 Å². The number of benzene rings is 1. The zero-order valence-electron chi connectivity index (χ0n) is 12.7. The summed E-state index contributed by atoms with van der Waals surface area (Å²) in [5, 5.41) is 0. The lowest BCUT2D eigenvalue weighted by molar-refractivity contribution is -0.117. The summed E-state index contributed by atoms with van der Waals surface area (Å²) in [6.07, 6.45) is 0.291. The average Bonchev–Trinajstić information content (AvgIpc) is 2.53. The molecule has 0 radical (unpaired) electrons. The number of primary amides is 1. The molecule has 2 rings (SSSR count). The summed E-state index contributed by atoms with van der Waals surface area (Å²) in [7, 11) is 0. The SMILES string of the molecule is NC(=O)CCSc1ccc(-c2nc(C(Cl)(Cl)Cl)nc(C(Cl)(Cl)Cl)n2)cc1. The van der Waals surface area contributed by atoms with Crippen molar-refractivity contribution in [3.8, 4) is 11.4 Å². The minimum absolute atomic E-state index is 0.159. The molecule has 5 nitrogen and oxygen atoms in total. The van der Waals surface area contributed by atoms with Crippen molar-refractivity contribution in [1.29, 1.82) is 0 Å². The number of nitrogens with two attached hydrogens (primary N) is 1. The molecular weight excluding hydrogens is 485 g/mol. The smallest absolute Gasteiger partial charge is 0.250 e. The second-order valence-electron chi connectivity index (χ2n) is 4.89. The summed E-state index contributed by atoms with van der Waals surface area (Å²) in [6.45, 7) is 0. The maximum Gasteiger partial charge on any atom is 0.250 e. The predicted molar refractivity (Wildman–Crippen MR) is 108 cm³/mol. The summed E-state index contributed by atoms with van der Waals surface area (Å²) in [6, 6.07) is 7.17. The van der Waals surface area contributed by atoms with Crippen molar-refractivity contribution in [2.24, 2.45) is 5.73 Å². The number of aromatic nitrogens is 3. The van der Waals surface area contributed by atoms with Crippen molar-refractivity contribution in [2.45, 2.75) is 18.9 Å². The van der Waals surface area contributed by atoms with Gasteiger partial charge in [-0.1, -0.05) is 81.7 Å². The second-order valence-corrected chi connectivity index (χ2v) is 10.6. The molecule has 0 unspecified atom stereocenters. The second kappa shape index (κ2) is 8.86. The van der Waals surface area contributed by atoms with Gasteiger partial charge in [-0.25, -0.2) is 15.0 Å². The number of carbonyl (C=O) groups is 1. The molecular formula is C14H10Cl6N4OS. The molecule has 0 aliphatic carbocycles. The highest BCUT2D eigenvalue weighted by atomic mass is 35.6. The molecule has 1 aromatic carbocycles. The third-order valence-electron chi connectivity index (χ3n) is 2.87. The maximum absolute atomic E-state index is 10.8. The third kappa shape index (κ3) is 6.44. The minimum Gasteiger partial charge on any atom is -0.370 e. The number of halogens is 6. The van der Waals surface area contributed by atoms with Crippen LogP contribution in [0.5, 0.6) is 0 Å². The molecule has 0 aliphatic heterocycles. The van der Waals surface area contributed by atoms with E-state index in [0.717, 1.165) is 4.90 Å². The Kier molecular flexibility index (Phi) is 7.53. The van der Waals surface area contributed by atoms with E-state index in [4.69, 9.17) is 75.3 Å². The van der Waals surface area contributed by atoms with Gasteiger partial charge >= 0.3 is 0 Å². The Labute approximate surface area is 183 Å². The van der Waals surface area contributed by atoms with Crippen LogP contribution in [0.1, 0.15) is 18.1 Å². The highest BCUT2D eigenvalue weighted by Gasteiger charge is 2.33. The van der Waals surface area contributed by atoms with Gasteiger partial charge < -0.3 is 5.73 Å². The summed E-state index contributed by atoms with van der Waals surface area (Å²) < 4.78 is -3.82. The molecule has 2 N–H and O–H groups in total. The monoisotopic (exact) mass is 492 g/mol. The van der Waals surface area contributed by atoms with Gasteiger partial charge in [0.25, 0.3) is 0 Å². The fraction of sp³-hybridized carbons (Fsp3) is 0.286. The third-order valence-corrected chi connectivity index (χ3v) is 4.90. The highest BCUT2D eigenvalue weighted by Crippen LogP contribution is 2.40. The first-order valence-electron chi connectivity index (χ1n) is 6.89. The number of amides is 1. The molecule has 0 saturated carbocycles. The first-order chi connectivity index (χ1) is 12.0. The summed E-state index contributed by atoms with van der Waals surface area (Å²) in [4.78, 5) is 23.9. The van der Waals surface area contributed by atoms with Gasteiger partial charge in [0, 0.05) is 22.6 Å². The van der Waals surface area contributed by atoms with Crippen LogP contribution in [0.4, 0.5) is 0 Å². The van der Waals surface area contributed by atoms with E-state index in [2.05, 4.69) is 15.0 Å². The normalized spacial score (nSPS) is 12.2. The molecule has 0 atom stereocenters. The Morgan fingerprint density at radius 2 is 1.42 bits per heavy atom. The van der Waals surface area contributed by atoms with Gasteiger partial charge in [-0.15, -0.1) is 11.8 Å². The van der Waals surface area contributed by atoms with Crippen LogP contribution in [0.3, 0.4) is 0 Å². The molecule has 0 bridgehead atoms. The van der Waals surface area contributed by atoms with Crippen molar-refractivity contribution in [3.05, 3.63) is 35.9 Å². The summed E-state index contributed by atoms with van der Waals surface area (Å²) in [5.41, 5.74) is 5.72. The number of hydrogen-bond donors (Lipinski definition) is 1. The van der Waals surface area contributed by atoms with E-state index in [1.165, 1.54) is 11.8 Å². The lowest BCUT2D eigenvalue weighted by Crippen LogP contribution is -2.16. The van der Waals surface area contributed by atoms with E-state index in [9.17, 15) is 4.79 Å². The molecule has 140 valence electrons. The first kappa shape index (κ1) is 22.1. The molecule has 12 heteroatoms. The zero-order chi connectivity index (χ0) is 19.5. The lowest BCUT2D eigenvalue weighted by atomic mass is 10.2. The van der Waals surface area contributed by atoms with Crippen molar-refractivity contribution in [3.63, 3.8) is 0 Å². The molecule has 0 aliphatic rings. The standard InChI is InChI=1S/C14H10Cl6N4OS/c15-13(16,17)11-22-10(23-12(24-11)14(18,19)20)7-1-3-8(4-2-7)26-6-5-9(21)25/h1-4H,5-6H2,(H2,21,25). The topological polar surface area (TPSA) is 81.8 Å². The van der Waals surface area contributed by atoms with Crippen LogP contribution < -0.4 is 5.73 Å². The molecule has 0 fully saturated rings. The predicted octanol–water partition coefficient (Wildman–Crippen LogP) is 5.16. The minimum atomic E-state index is -1.91. The van der Waals surface area contributed by atoms with Gasteiger partial charge in [0.05, 0.1) is 0 Å². The number of thioether (sulfide) groups is 1. The number of rotatable bonds is 5. The summed E-state index contributed by atoms with van der Waals surface area (Å²) in [5.74, 6) is 0.103. The van der Waals surface area contributed by atoms with Crippen LogP contribution in [-0.4, -0.2) is 26.6 Å². The zero-order valence-corrected chi connectivity index (χ0v) is 18.1. The van der Waals surface area contributed by atoms with E-state index in [1.54, 1.807) is 12.1 Å². The number of alkyl halides is 6. The van der Waals surface area contributed by atoms with Crippen molar-refractivity contribution in [2.75, 3.05) is 5.75 Å². The van der Waals surface area contributed by atoms with Gasteiger partial charge in [-0.05, 0) is 12.1 Å². The molecule has 26 heavy (non-hydrogen) atoms. The van der Waals surface area contributed by atoms with Gasteiger partial charge in [0.15, 0.2) is 17.5 Å². The lowest BCUT2D eigenvalue weighted by Gasteiger charge is -2.15. The van der Waals surface area contributed by atoms with Crippen LogP contribution in [-0.2, 0) is 12.4 Å². The molecule has 1 heterocycles. The Bertz CT molecular complexity index is 759. The fourth-order valence-corrected chi connectivity index (χ4v) is 3.10. The van der Waals surface area contributed by atoms with E-state index >= 15 is 0 Å². The Hall–Kier alpha value is -0.210. The van der Waals surface area contributed by atoms with Crippen LogP contribution in [0.25, 0.3) is 11.4 Å². The fourth-order valence-electron chi connectivity index (χ4n) is 1.73. The van der Waals surface area contributed by atoms with Gasteiger partial charge in [0.2, 0.25) is 13.5 Å². The molecule has 2 aromatic rings. The van der Waals surface area contributed by atoms with E-state index < -0.39 is 7.59 Å². The van der Waals surface area contributed by atoms with Crippen molar-refractivity contribution in [1.82, 2.24) is 15.0 Å². The first-order valence-corrected chi connectivity index (χ1v) is 10.1. The largest absolute Gasteiger partial charge is 0.370 e. The highest BCUT2D eigenvalue weighted by molar-refractivity contribution is 7.99. The van der Waals surface area contributed by atoms with Crippen LogP contribution in [0.15, 0.2) is 29.2 Å². The Morgan fingerprint density at radius 1 is 0.923 bits per heavy atom. The maximum atomic E-state index is 10.8. The Balaban J connectivity index is 2.33. The molecule has 1 aromatic heterocycles. The van der Waals surface area contributed by atoms with Crippen molar-refractivity contribution < 1.29 is 4.79 Å². The number of carbonyl (C=O) groups excluding carboxylic acids is 1. The van der Waals surface area contributed by atoms with Gasteiger partial charge in [-0.3, -0.25) is 4.79 Å². The van der Waals surface area contributed by atoms with Crippen LogP contribution >= 0.6 is 81.4 Å². The van der Waals surface area contributed by atoms with E-state index in [0.29, 0.717) is 17.7 Å². The molecule has 0 spiro atoms. The summed E-state index contributed by atoms with van der Waals surface area (Å²) >= 11 is 36.6. The van der Waals surface area contributed by atoms with Crippen molar-refractivity contribution >= 4 is 87.3 Å². The van der Waals surface area contributed by atoms with E-state index in [1.807, 2.05) is 12.1 Å². The van der Waals surface area contributed by atoms with Gasteiger partial charge in [0.1, 0.15) is 0 Å². The van der Waals surface area contributed by atoms with E-state index in [-0.39, 0.29) is 23.4 Å². The molecule has 1 amide bonds. The average molecular weight is 495 g/mol. The Morgan fingerprint density at radius 3 is 1.85 bits per heavy atom.